The van der Waals surface area contributed by atoms with Crippen LogP contribution < -0.4 is 0 Å². The molecule has 8 heteroatoms. The van der Waals surface area contributed by atoms with Crippen LogP contribution in [0.5, 0.6) is 0 Å². The highest BCUT2D eigenvalue weighted by Crippen LogP contribution is 2.59. The average molecular weight is 501 g/mol. The molecule has 1 N–H and O–H groups in total. The van der Waals surface area contributed by atoms with Gasteiger partial charge < -0.3 is 24.4 Å². The second kappa shape index (κ2) is 9.60. The van der Waals surface area contributed by atoms with Gasteiger partial charge in [-0.05, 0) is 37.7 Å². The van der Waals surface area contributed by atoms with Crippen molar-refractivity contribution in [2.45, 2.75) is 95.0 Å². The van der Waals surface area contributed by atoms with E-state index in [2.05, 4.69) is 0 Å². The molecule has 4 heterocycles. The fourth-order valence-corrected chi connectivity index (χ4v) is 7.49. The van der Waals surface area contributed by atoms with Gasteiger partial charge >= 0.3 is 5.97 Å². The molecule has 1 saturated carbocycles. The maximum absolute atomic E-state index is 14.5. The molecule has 5 aliphatic rings. The van der Waals surface area contributed by atoms with Crippen molar-refractivity contribution in [3.63, 3.8) is 0 Å². The lowest BCUT2D eigenvalue weighted by atomic mass is 9.73. The maximum atomic E-state index is 14.5. The molecule has 1 spiro atoms. The molecule has 3 fully saturated rings. The zero-order valence-electron chi connectivity index (χ0n) is 21.7. The topological polar surface area (TPSA) is 96.4 Å². The molecule has 0 aromatic heterocycles. The second-order valence-electron chi connectivity index (χ2n) is 11.6. The quantitative estimate of drug-likeness (QED) is 0.445. The molecule has 1 unspecified atom stereocenters. The van der Waals surface area contributed by atoms with E-state index >= 15 is 0 Å². The Balaban J connectivity index is 1.65. The fourth-order valence-electron chi connectivity index (χ4n) is 7.49. The first-order valence-corrected chi connectivity index (χ1v) is 13.8. The number of carbonyl (C=O) groups is 3. The highest BCUT2D eigenvalue weighted by molar-refractivity contribution is 5.99. The minimum Gasteiger partial charge on any atom is -0.461 e. The molecule has 0 bridgehead atoms. The lowest BCUT2D eigenvalue weighted by molar-refractivity contribution is -0.162. The normalized spacial score (nSPS) is 37.5. The summed E-state index contributed by atoms with van der Waals surface area (Å²) >= 11 is 0. The number of hydrogen-bond donors (Lipinski definition) is 1. The van der Waals surface area contributed by atoms with Crippen molar-refractivity contribution in [2.24, 2.45) is 17.8 Å². The molecule has 0 radical (unpaired) electrons. The number of aliphatic hydroxyl groups excluding tert-OH is 1. The second-order valence-corrected chi connectivity index (χ2v) is 11.6. The van der Waals surface area contributed by atoms with Gasteiger partial charge in [0.1, 0.15) is 29.8 Å². The van der Waals surface area contributed by atoms with Crippen LogP contribution in [0.1, 0.15) is 65.7 Å². The zero-order chi connectivity index (χ0) is 25.7. The number of esters is 1. The molecule has 4 aliphatic heterocycles. The number of rotatable bonds is 6. The summed E-state index contributed by atoms with van der Waals surface area (Å²) in [5.74, 6) is -2.42. The summed E-state index contributed by atoms with van der Waals surface area (Å²) in [6, 6.07) is -1.34. The number of nitrogens with zero attached hydrogens (tertiary/aromatic N) is 2. The summed E-state index contributed by atoms with van der Waals surface area (Å²) in [5.41, 5.74) is -2.31. The first kappa shape index (κ1) is 25.5. The number of carbonyl (C=O) groups excluding carboxylic acids is 3. The van der Waals surface area contributed by atoms with Crippen molar-refractivity contribution in [1.82, 2.24) is 9.80 Å². The van der Waals surface area contributed by atoms with E-state index in [1.165, 1.54) is 6.42 Å². The number of aliphatic hydroxyl groups is 1. The fraction of sp³-hybridized carbons (Fsp3) is 0.750. The third kappa shape index (κ3) is 3.74. The van der Waals surface area contributed by atoms with Gasteiger partial charge in [-0.25, -0.2) is 0 Å². The Bertz CT molecular complexity index is 956. The van der Waals surface area contributed by atoms with Gasteiger partial charge in [0, 0.05) is 12.6 Å². The molecule has 6 atom stereocenters. The third-order valence-corrected chi connectivity index (χ3v) is 9.03. The van der Waals surface area contributed by atoms with Crippen LogP contribution in [0.3, 0.4) is 0 Å². The van der Waals surface area contributed by atoms with E-state index in [1.807, 2.05) is 43.9 Å². The first-order valence-electron chi connectivity index (χ1n) is 13.8. The van der Waals surface area contributed by atoms with Crippen LogP contribution in [-0.4, -0.2) is 81.8 Å². The van der Waals surface area contributed by atoms with Crippen LogP contribution >= 0.6 is 0 Å². The predicted molar refractivity (Wildman–Crippen MR) is 133 cm³/mol. The van der Waals surface area contributed by atoms with Gasteiger partial charge in [-0.15, -0.1) is 0 Å². The Hall–Kier alpha value is -2.19. The Morgan fingerprint density at radius 2 is 1.81 bits per heavy atom. The molecule has 36 heavy (non-hydrogen) atoms. The summed E-state index contributed by atoms with van der Waals surface area (Å²) < 4.78 is 12.4. The van der Waals surface area contributed by atoms with Gasteiger partial charge in [0.2, 0.25) is 11.8 Å². The largest absolute Gasteiger partial charge is 0.461 e. The first-order chi connectivity index (χ1) is 17.3. The van der Waals surface area contributed by atoms with Crippen LogP contribution in [0.4, 0.5) is 0 Å². The van der Waals surface area contributed by atoms with Crippen LogP contribution in [0.2, 0.25) is 0 Å². The van der Waals surface area contributed by atoms with Gasteiger partial charge in [0.15, 0.2) is 0 Å². The van der Waals surface area contributed by atoms with E-state index in [0.717, 1.165) is 25.7 Å². The molecule has 198 valence electrons. The molecule has 2 amide bonds. The molecule has 5 rings (SSSR count). The van der Waals surface area contributed by atoms with E-state index < -0.39 is 41.1 Å². The van der Waals surface area contributed by atoms with E-state index in [0.29, 0.717) is 19.4 Å². The average Bonchev–Trinajstić information content (AvgIpc) is 3.15. The highest BCUT2D eigenvalue weighted by atomic mass is 16.6. The van der Waals surface area contributed by atoms with E-state index in [1.54, 1.807) is 11.0 Å². The van der Waals surface area contributed by atoms with Gasteiger partial charge in [-0.1, -0.05) is 58.3 Å². The summed E-state index contributed by atoms with van der Waals surface area (Å²) in [5, 5.41) is 10.4. The number of cyclic esters (lactones) is 1. The van der Waals surface area contributed by atoms with Crippen molar-refractivity contribution in [1.29, 1.82) is 0 Å². The predicted octanol–water partition coefficient (Wildman–Crippen LogP) is 2.60. The SMILES string of the molecule is CC[C@@]12C=CCOC(=O)[C@@H]1[C@H]1C(=O)N([C@@H](CO)CC(C)C)C3C(=O)N(C4CCCCC4)CC=C[C@@]31O2. The molecular weight excluding hydrogens is 460 g/mol. The van der Waals surface area contributed by atoms with Crippen LogP contribution in [0, 0.1) is 17.8 Å². The molecular formula is C28H40N2O6. The summed E-state index contributed by atoms with van der Waals surface area (Å²) in [4.78, 5) is 45.7. The number of likely N-dealkylation sites (tertiary alicyclic amines) is 1. The van der Waals surface area contributed by atoms with Crippen molar-refractivity contribution in [3.8, 4) is 0 Å². The van der Waals surface area contributed by atoms with E-state index in [9.17, 15) is 19.5 Å². The van der Waals surface area contributed by atoms with Gasteiger partial charge in [0.25, 0.3) is 0 Å². The Morgan fingerprint density at radius 3 is 2.47 bits per heavy atom. The maximum Gasteiger partial charge on any atom is 0.313 e. The van der Waals surface area contributed by atoms with Crippen molar-refractivity contribution >= 4 is 17.8 Å². The van der Waals surface area contributed by atoms with Gasteiger partial charge in [-0.3, -0.25) is 14.4 Å². The van der Waals surface area contributed by atoms with E-state index in [-0.39, 0.29) is 37.0 Å². The Kier molecular flexibility index (Phi) is 6.79. The van der Waals surface area contributed by atoms with E-state index in [4.69, 9.17) is 9.47 Å². The molecule has 1 aliphatic carbocycles. The summed E-state index contributed by atoms with van der Waals surface area (Å²) in [6.45, 7) is 6.36. The van der Waals surface area contributed by atoms with Crippen LogP contribution in [0.15, 0.2) is 24.3 Å². The minimum absolute atomic E-state index is 0.122. The standard InChI is InChI=1S/C28H40N2O6/c1-4-27-12-9-15-35-26(34)22(27)21-24(32)30(20(17-31)16-18(2)3)23-25(33)29(19-10-6-5-7-11-19)14-8-13-28(21,23)36-27/h8-9,12-13,18-23,31H,4-7,10-11,14-17H2,1-3H3/t20-,21+,22+,23?,27-,28+/m1/s1. The number of fused-ring (bicyclic) bond motifs is 2. The van der Waals surface area contributed by atoms with Crippen molar-refractivity contribution in [2.75, 3.05) is 19.8 Å². The number of hydrogen-bond acceptors (Lipinski definition) is 6. The smallest absolute Gasteiger partial charge is 0.313 e. The lowest BCUT2D eigenvalue weighted by Crippen LogP contribution is -2.60. The number of ether oxygens (including phenoxy) is 2. The number of amides is 2. The highest BCUT2D eigenvalue weighted by Gasteiger charge is 2.76. The Morgan fingerprint density at radius 1 is 1.06 bits per heavy atom. The Labute approximate surface area is 213 Å². The lowest BCUT2D eigenvalue weighted by Gasteiger charge is -2.42. The third-order valence-electron chi connectivity index (χ3n) is 9.03. The van der Waals surface area contributed by atoms with Gasteiger partial charge in [-0.2, -0.15) is 0 Å². The summed E-state index contributed by atoms with van der Waals surface area (Å²) in [6.07, 6.45) is 13.8. The minimum atomic E-state index is -1.29. The van der Waals surface area contributed by atoms with Crippen LogP contribution in [-0.2, 0) is 23.9 Å². The monoisotopic (exact) mass is 500 g/mol. The van der Waals surface area contributed by atoms with Gasteiger partial charge in [0.05, 0.1) is 18.6 Å². The molecule has 0 aromatic rings. The van der Waals surface area contributed by atoms with Crippen molar-refractivity contribution < 1.29 is 29.0 Å². The summed E-state index contributed by atoms with van der Waals surface area (Å²) in [7, 11) is 0. The van der Waals surface area contributed by atoms with Crippen molar-refractivity contribution in [3.05, 3.63) is 24.3 Å². The molecule has 2 saturated heterocycles. The molecule has 8 nitrogen and oxygen atoms in total. The molecule has 0 aromatic carbocycles. The van der Waals surface area contributed by atoms with Crippen LogP contribution in [0.25, 0.3) is 0 Å². The zero-order valence-corrected chi connectivity index (χ0v) is 21.7.